The predicted molar refractivity (Wildman–Crippen MR) is 61.5 cm³/mol. The van der Waals surface area contributed by atoms with Crippen molar-refractivity contribution in [1.29, 1.82) is 0 Å². The summed E-state index contributed by atoms with van der Waals surface area (Å²) < 4.78 is 16.6. The standard InChI is InChI=1S/C11H19BrO3/c12-10-2-1-3-11(10)15-7-6-14-9-4-5-13-8-9/h9-11H,1-8H2. The maximum Gasteiger partial charge on any atom is 0.0831 e. The first-order valence-corrected chi connectivity index (χ1v) is 6.73. The molecule has 0 aromatic heterocycles. The highest BCUT2D eigenvalue weighted by Crippen LogP contribution is 2.27. The fourth-order valence-electron chi connectivity index (χ4n) is 2.13. The molecule has 2 aliphatic rings. The van der Waals surface area contributed by atoms with E-state index in [2.05, 4.69) is 15.9 Å². The Hall–Kier alpha value is 0.360. The van der Waals surface area contributed by atoms with Gasteiger partial charge in [-0.15, -0.1) is 0 Å². The largest absolute Gasteiger partial charge is 0.379 e. The topological polar surface area (TPSA) is 27.7 Å². The zero-order valence-corrected chi connectivity index (χ0v) is 10.6. The van der Waals surface area contributed by atoms with Crippen LogP contribution in [-0.4, -0.2) is 43.5 Å². The van der Waals surface area contributed by atoms with E-state index in [1.54, 1.807) is 0 Å². The van der Waals surface area contributed by atoms with Gasteiger partial charge in [-0.2, -0.15) is 0 Å². The van der Waals surface area contributed by atoms with Crippen molar-refractivity contribution >= 4 is 15.9 Å². The van der Waals surface area contributed by atoms with E-state index in [9.17, 15) is 0 Å². The Bertz CT molecular complexity index is 183. The maximum atomic E-state index is 5.76. The molecular formula is C11H19BrO3. The third-order valence-electron chi connectivity index (χ3n) is 3.03. The number of rotatable bonds is 5. The Morgan fingerprint density at radius 1 is 1.13 bits per heavy atom. The number of hydrogen-bond donors (Lipinski definition) is 0. The smallest absolute Gasteiger partial charge is 0.0831 e. The number of alkyl halides is 1. The van der Waals surface area contributed by atoms with Crippen molar-refractivity contribution in [2.45, 2.75) is 42.7 Å². The summed E-state index contributed by atoms with van der Waals surface area (Å²) in [5.41, 5.74) is 0. The van der Waals surface area contributed by atoms with Gasteiger partial charge in [-0.3, -0.25) is 0 Å². The second kappa shape index (κ2) is 6.18. The van der Waals surface area contributed by atoms with E-state index in [1.807, 2.05) is 0 Å². The Labute approximate surface area is 99.6 Å². The van der Waals surface area contributed by atoms with Crippen LogP contribution in [0.4, 0.5) is 0 Å². The van der Waals surface area contributed by atoms with Crippen molar-refractivity contribution in [2.24, 2.45) is 0 Å². The summed E-state index contributed by atoms with van der Waals surface area (Å²) in [7, 11) is 0. The van der Waals surface area contributed by atoms with E-state index in [-0.39, 0.29) is 0 Å². The van der Waals surface area contributed by atoms with Gasteiger partial charge >= 0.3 is 0 Å². The molecule has 2 rings (SSSR count). The van der Waals surface area contributed by atoms with Gasteiger partial charge < -0.3 is 14.2 Å². The minimum atomic E-state index is 0.303. The molecule has 4 heteroatoms. The number of halogens is 1. The lowest BCUT2D eigenvalue weighted by Crippen LogP contribution is -2.22. The Morgan fingerprint density at radius 3 is 2.67 bits per heavy atom. The molecule has 1 saturated carbocycles. The van der Waals surface area contributed by atoms with Gasteiger partial charge in [0, 0.05) is 11.4 Å². The molecule has 3 atom stereocenters. The summed E-state index contributed by atoms with van der Waals surface area (Å²) in [5.74, 6) is 0. The molecule has 0 spiro atoms. The van der Waals surface area contributed by atoms with Crippen LogP contribution in [-0.2, 0) is 14.2 Å². The van der Waals surface area contributed by atoms with Gasteiger partial charge in [-0.25, -0.2) is 0 Å². The first-order valence-electron chi connectivity index (χ1n) is 5.81. The molecule has 1 heterocycles. The Kier molecular flexibility index (Phi) is 4.88. The second-order valence-corrected chi connectivity index (χ2v) is 5.39. The molecule has 88 valence electrons. The van der Waals surface area contributed by atoms with Crippen LogP contribution < -0.4 is 0 Å². The monoisotopic (exact) mass is 278 g/mol. The van der Waals surface area contributed by atoms with E-state index in [1.165, 1.54) is 19.3 Å². The number of ether oxygens (including phenoxy) is 3. The highest BCUT2D eigenvalue weighted by Gasteiger charge is 2.25. The van der Waals surface area contributed by atoms with Crippen molar-refractivity contribution < 1.29 is 14.2 Å². The normalized spacial score (nSPS) is 36.2. The van der Waals surface area contributed by atoms with E-state index in [0.717, 1.165) is 19.6 Å². The SMILES string of the molecule is BrC1CCCC1OCCOC1CCOC1. The van der Waals surface area contributed by atoms with Gasteiger partial charge in [0.1, 0.15) is 0 Å². The molecule has 1 saturated heterocycles. The fraction of sp³-hybridized carbons (Fsp3) is 1.00. The lowest BCUT2D eigenvalue weighted by Gasteiger charge is -2.16. The van der Waals surface area contributed by atoms with Crippen LogP contribution >= 0.6 is 15.9 Å². The van der Waals surface area contributed by atoms with Crippen molar-refractivity contribution in [3.05, 3.63) is 0 Å². The minimum absolute atomic E-state index is 0.303. The molecule has 1 aliphatic heterocycles. The van der Waals surface area contributed by atoms with Crippen LogP contribution in [0.5, 0.6) is 0 Å². The average molecular weight is 279 g/mol. The third-order valence-corrected chi connectivity index (χ3v) is 4.08. The summed E-state index contributed by atoms with van der Waals surface area (Å²) in [6.07, 6.45) is 5.43. The molecular weight excluding hydrogens is 260 g/mol. The molecule has 0 aromatic rings. The van der Waals surface area contributed by atoms with E-state index in [0.29, 0.717) is 30.2 Å². The molecule has 0 aromatic carbocycles. The van der Waals surface area contributed by atoms with E-state index in [4.69, 9.17) is 14.2 Å². The van der Waals surface area contributed by atoms with Gasteiger partial charge in [0.05, 0.1) is 32.0 Å². The van der Waals surface area contributed by atoms with Crippen molar-refractivity contribution in [1.82, 2.24) is 0 Å². The van der Waals surface area contributed by atoms with Crippen LogP contribution in [0.15, 0.2) is 0 Å². The maximum absolute atomic E-state index is 5.76. The lowest BCUT2D eigenvalue weighted by molar-refractivity contribution is -0.0199. The van der Waals surface area contributed by atoms with Crippen molar-refractivity contribution in [2.75, 3.05) is 26.4 Å². The lowest BCUT2D eigenvalue weighted by atomic mass is 10.3. The van der Waals surface area contributed by atoms with Gasteiger partial charge in [0.25, 0.3) is 0 Å². The van der Waals surface area contributed by atoms with Crippen molar-refractivity contribution in [3.63, 3.8) is 0 Å². The van der Waals surface area contributed by atoms with E-state index < -0.39 is 0 Å². The van der Waals surface area contributed by atoms with Crippen LogP contribution in [0.3, 0.4) is 0 Å². The van der Waals surface area contributed by atoms with Crippen molar-refractivity contribution in [3.8, 4) is 0 Å². The molecule has 0 amide bonds. The quantitative estimate of drug-likeness (QED) is 0.570. The van der Waals surface area contributed by atoms with Gasteiger partial charge in [0.2, 0.25) is 0 Å². The van der Waals surface area contributed by atoms with Crippen LogP contribution in [0.2, 0.25) is 0 Å². The van der Waals surface area contributed by atoms with Crippen LogP contribution in [0.1, 0.15) is 25.7 Å². The molecule has 3 unspecified atom stereocenters. The summed E-state index contributed by atoms with van der Waals surface area (Å²) in [6.45, 7) is 3.01. The Morgan fingerprint density at radius 2 is 2.00 bits per heavy atom. The van der Waals surface area contributed by atoms with Gasteiger partial charge in [0.15, 0.2) is 0 Å². The summed E-state index contributed by atoms with van der Waals surface area (Å²) in [6, 6.07) is 0. The highest BCUT2D eigenvalue weighted by atomic mass is 79.9. The third kappa shape index (κ3) is 3.70. The van der Waals surface area contributed by atoms with Crippen LogP contribution in [0, 0.1) is 0 Å². The van der Waals surface area contributed by atoms with Gasteiger partial charge in [-0.05, 0) is 25.7 Å². The van der Waals surface area contributed by atoms with Gasteiger partial charge in [-0.1, -0.05) is 15.9 Å². The summed E-state index contributed by atoms with van der Waals surface area (Å²) in [4.78, 5) is 0.548. The fourth-order valence-corrected chi connectivity index (χ4v) is 2.87. The molecule has 2 fully saturated rings. The molecule has 0 N–H and O–H groups in total. The zero-order chi connectivity index (χ0) is 10.5. The molecule has 0 bridgehead atoms. The van der Waals surface area contributed by atoms with E-state index >= 15 is 0 Å². The first kappa shape index (κ1) is 11.8. The first-order chi connectivity index (χ1) is 7.36. The second-order valence-electron chi connectivity index (χ2n) is 4.21. The van der Waals surface area contributed by atoms with Crippen LogP contribution in [0.25, 0.3) is 0 Å². The predicted octanol–water partition coefficient (Wildman–Crippen LogP) is 2.12. The minimum Gasteiger partial charge on any atom is -0.379 e. The molecule has 15 heavy (non-hydrogen) atoms. The molecule has 0 radical (unpaired) electrons. The average Bonchev–Trinajstić information content (AvgIpc) is 2.85. The summed E-state index contributed by atoms with van der Waals surface area (Å²) in [5, 5.41) is 0. The highest BCUT2D eigenvalue weighted by molar-refractivity contribution is 9.09. The molecule has 3 nitrogen and oxygen atoms in total. The zero-order valence-electron chi connectivity index (χ0n) is 8.99. The Balaban J connectivity index is 1.51. The number of hydrogen-bond acceptors (Lipinski definition) is 3. The molecule has 1 aliphatic carbocycles. The summed E-state index contributed by atoms with van der Waals surface area (Å²) >= 11 is 3.64.